The maximum atomic E-state index is 11.4. The van der Waals surface area contributed by atoms with Crippen molar-refractivity contribution in [2.24, 2.45) is 5.92 Å². The zero-order valence-electron chi connectivity index (χ0n) is 15.6. The minimum atomic E-state index is -0.846. The van der Waals surface area contributed by atoms with Crippen LogP contribution in [0.3, 0.4) is 0 Å². The summed E-state index contributed by atoms with van der Waals surface area (Å²) in [6.07, 6.45) is 1.00. The lowest BCUT2D eigenvalue weighted by atomic mass is 9.66. The van der Waals surface area contributed by atoms with Gasteiger partial charge in [-0.05, 0) is 51.2 Å². The molecule has 1 saturated heterocycles. The Morgan fingerprint density at radius 2 is 1.58 bits per heavy atom. The van der Waals surface area contributed by atoms with Gasteiger partial charge in [0.2, 0.25) is 0 Å². The molecule has 1 heterocycles. The summed E-state index contributed by atoms with van der Waals surface area (Å²) >= 11 is 0. The molecule has 1 fully saturated rings. The van der Waals surface area contributed by atoms with Gasteiger partial charge in [-0.15, -0.1) is 0 Å². The second-order valence-electron chi connectivity index (χ2n) is 8.17. The van der Waals surface area contributed by atoms with E-state index in [2.05, 4.69) is 26.0 Å². The third-order valence-electron chi connectivity index (χ3n) is 5.05. The second-order valence-corrected chi connectivity index (χ2v) is 8.17. The highest BCUT2D eigenvalue weighted by Crippen LogP contribution is 2.41. The van der Waals surface area contributed by atoms with Crippen molar-refractivity contribution in [2.45, 2.75) is 71.4 Å². The van der Waals surface area contributed by atoms with Gasteiger partial charge in [-0.25, -0.2) is 0 Å². The topological polar surface area (TPSA) is 55.8 Å². The Labute approximate surface area is 145 Å². The van der Waals surface area contributed by atoms with E-state index in [1.54, 1.807) is 0 Å². The molecular formula is C19H29BO4. The maximum Gasteiger partial charge on any atom is 0.466 e. The van der Waals surface area contributed by atoms with Crippen LogP contribution in [0.1, 0.15) is 64.9 Å². The number of carboxylic acids is 1. The highest BCUT2D eigenvalue weighted by molar-refractivity contribution is 6.48. The van der Waals surface area contributed by atoms with Crippen LogP contribution in [-0.2, 0) is 20.5 Å². The van der Waals surface area contributed by atoms with Crippen molar-refractivity contribution in [2.75, 3.05) is 0 Å². The van der Waals surface area contributed by atoms with Crippen LogP contribution in [0.15, 0.2) is 24.3 Å². The molecule has 0 spiro atoms. The van der Waals surface area contributed by atoms with Crippen molar-refractivity contribution >= 4 is 13.1 Å². The average molecular weight is 332 g/mol. The van der Waals surface area contributed by atoms with E-state index in [1.807, 2.05) is 39.8 Å². The van der Waals surface area contributed by atoms with Gasteiger partial charge in [0.1, 0.15) is 0 Å². The third-order valence-corrected chi connectivity index (χ3v) is 5.05. The van der Waals surface area contributed by atoms with Crippen LogP contribution in [0.4, 0.5) is 0 Å². The number of aliphatic carboxylic acids is 1. The molecule has 1 atom stereocenters. The molecule has 1 aromatic carbocycles. The Morgan fingerprint density at radius 1 is 1.08 bits per heavy atom. The number of carbonyl (C=O) groups is 1. The Morgan fingerprint density at radius 3 is 2.00 bits per heavy atom. The molecule has 1 unspecified atom stereocenters. The molecule has 1 aliphatic heterocycles. The minimum absolute atomic E-state index is 0.0135. The number of hydrogen-bond donors (Lipinski definition) is 1. The van der Waals surface area contributed by atoms with Crippen LogP contribution in [0, 0.1) is 5.92 Å². The molecule has 0 bridgehead atoms. The summed E-state index contributed by atoms with van der Waals surface area (Å²) < 4.78 is 12.2. The fourth-order valence-electron chi connectivity index (χ4n) is 2.98. The normalized spacial score (nSPS) is 20.4. The summed E-state index contributed by atoms with van der Waals surface area (Å²) in [7, 11) is -0.554. The average Bonchev–Trinajstić information content (AvgIpc) is 2.65. The molecule has 132 valence electrons. The predicted octanol–water partition coefficient (Wildman–Crippen LogP) is 4.07. The molecule has 4 nitrogen and oxygen atoms in total. The molecule has 0 aromatic heterocycles. The van der Waals surface area contributed by atoms with Crippen molar-refractivity contribution in [1.29, 1.82) is 0 Å². The first-order valence-electron chi connectivity index (χ1n) is 8.68. The standard InChI is InChI=1S/C19H29BO4/c1-13(2)11-14-7-9-15(10-8-14)16(12-17(21)22)20-23-18(3,4)19(5,6)24-20/h7-10,13,16H,11-12H2,1-6H3,(H,21,22). The van der Waals surface area contributed by atoms with Gasteiger partial charge in [0.25, 0.3) is 0 Å². The summed E-state index contributed by atoms with van der Waals surface area (Å²) in [6.45, 7) is 12.3. The molecule has 1 aromatic rings. The lowest BCUT2D eigenvalue weighted by Crippen LogP contribution is -2.41. The van der Waals surface area contributed by atoms with Crippen LogP contribution in [0.25, 0.3) is 0 Å². The van der Waals surface area contributed by atoms with Crippen molar-refractivity contribution in [3.8, 4) is 0 Å². The lowest BCUT2D eigenvalue weighted by Gasteiger charge is -2.32. The van der Waals surface area contributed by atoms with Gasteiger partial charge in [-0.2, -0.15) is 0 Å². The van der Waals surface area contributed by atoms with Crippen LogP contribution in [0.5, 0.6) is 0 Å². The SMILES string of the molecule is CC(C)Cc1ccc(C(CC(=O)O)B2OC(C)(C)C(C)(C)O2)cc1. The molecule has 5 heteroatoms. The van der Waals surface area contributed by atoms with Crippen LogP contribution in [-0.4, -0.2) is 29.4 Å². The Bertz CT molecular complexity index is 562. The van der Waals surface area contributed by atoms with Gasteiger partial charge in [0.05, 0.1) is 17.6 Å². The highest BCUT2D eigenvalue weighted by atomic mass is 16.7. The maximum absolute atomic E-state index is 11.4. The molecule has 1 aliphatic rings. The summed E-state index contributed by atoms with van der Waals surface area (Å²) in [5.41, 5.74) is 1.28. The van der Waals surface area contributed by atoms with Gasteiger partial charge < -0.3 is 14.4 Å². The summed E-state index contributed by atoms with van der Waals surface area (Å²) in [4.78, 5) is 11.4. The van der Waals surface area contributed by atoms with Crippen molar-refractivity contribution in [1.82, 2.24) is 0 Å². The minimum Gasteiger partial charge on any atom is -0.481 e. The van der Waals surface area contributed by atoms with Crippen molar-refractivity contribution < 1.29 is 19.2 Å². The molecule has 1 N–H and O–H groups in total. The lowest BCUT2D eigenvalue weighted by molar-refractivity contribution is -0.137. The van der Waals surface area contributed by atoms with Crippen LogP contribution < -0.4 is 0 Å². The molecule has 24 heavy (non-hydrogen) atoms. The number of hydrogen-bond acceptors (Lipinski definition) is 3. The monoisotopic (exact) mass is 332 g/mol. The zero-order valence-corrected chi connectivity index (χ0v) is 15.6. The molecule has 0 amide bonds. The molecule has 0 radical (unpaired) electrons. The van der Waals surface area contributed by atoms with E-state index in [1.165, 1.54) is 5.56 Å². The summed E-state index contributed by atoms with van der Waals surface area (Å²) in [6, 6.07) is 8.18. The third kappa shape index (κ3) is 4.20. The van der Waals surface area contributed by atoms with Gasteiger partial charge in [-0.3, -0.25) is 4.79 Å². The first kappa shape index (κ1) is 19.0. The zero-order chi connectivity index (χ0) is 18.1. The van der Waals surface area contributed by atoms with Gasteiger partial charge in [0, 0.05) is 5.82 Å². The molecular weight excluding hydrogens is 303 g/mol. The van der Waals surface area contributed by atoms with E-state index < -0.39 is 24.3 Å². The summed E-state index contributed by atoms with van der Waals surface area (Å²) in [5.74, 6) is -0.577. The Balaban J connectivity index is 2.25. The van der Waals surface area contributed by atoms with E-state index in [-0.39, 0.29) is 12.2 Å². The second kappa shape index (κ2) is 6.89. The number of benzene rings is 1. The predicted molar refractivity (Wildman–Crippen MR) is 96.1 cm³/mol. The van der Waals surface area contributed by atoms with Gasteiger partial charge in [0.15, 0.2) is 0 Å². The summed E-state index contributed by atoms with van der Waals surface area (Å²) in [5, 5.41) is 9.33. The smallest absolute Gasteiger partial charge is 0.466 e. The van der Waals surface area contributed by atoms with Gasteiger partial charge in [-0.1, -0.05) is 38.1 Å². The van der Waals surface area contributed by atoms with Crippen molar-refractivity contribution in [3.63, 3.8) is 0 Å². The van der Waals surface area contributed by atoms with Crippen LogP contribution in [0.2, 0.25) is 0 Å². The molecule has 0 saturated carbocycles. The first-order valence-corrected chi connectivity index (χ1v) is 8.68. The van der Waals surface area contributed by atoms with Crippen LogP contribution >= 0.6 is 0 Å². The van der Waals surface area contributed by atoms with Gasteiger partial charge >= 0.3 is 13.1 Å². The Kier molecular flexibility index (Phi) is 5.45. The Hall–Kier alpha value is -1.33. The van der Waals surface area contributed by atoms with Crippen molar-refractivity contribution in [3.05, 3.63) is 35.4 Å². The quantitative estimate of drug-likeness (QED) is 0.798. The van der Waals surface area contributed by atoms with E-state index in [9.17, 15) is 9.90 Å². The largest absolute Gasteiger partial charge is 0.481 e. The van der Waals surface area contributed by atoms with E-state index in [4.69, 9.17) is 9.31 Å². The molecule has 2 rings (SSSR count). The first-order chi connectivity index (χ1) is 11.0. The fourth-order valence-corrected chi connectivity index (χ4v) is 2.98. The van der Waals surface area contributed by atoms with E-state index in [0.717, 1.165) is 12.0 Å². The number of carboxylic acid groups (broad SMARTS) is 1. The molecule has 0 aliphatic carbocycles. The van der Waals surface area contributed by atoms with E-state index >= 15 is 0 Å². The number of rotatable bonds is 6. The van der Waals surface area contributed by atoms with E-state index in [0.29, 0.717) is 5.92 Å². The highest BCUT2D eigenvalue weighted by Gasteiger charge is 2.54. The fraction of sp³-hybridized carbons (Fsp3) is 0.632.